The molecule has 2 heterocycles. The minimum atomic E-state index is -0.00250. The fraction of sp³-hybridized carbons (Fsp3) is 0.294. The SMILES string of the molecule is CC(=O)c1ccc(C(=O)N2CCCc3cc(C)ccc32)s1. The Morgan fingerprint density at radius 2 is 1.90 bits per heavy atom. The highest BCUT2D eigenvalue weighted by Crippen LogP contribution is 2.30. The van der Waals surface area contributed by atoms with Crippen LogP contribution in [0.5, 0.6) is 0 Å². The summed E-state index contributed by atoms with van der Waals surface area (Å²) >= 11 is 1.28. The average Bonchev–Trinajstić information content (AvgIpc) is 2.95. The van der Waals surface area contributed by atoms with Crippen LogP contribution in [0.25, 0.3) is 0 Å². The smallest absolute Gasteiger partial charge is 0.268 e. The van der Waals surface area contributed by atoms with E-state index in [0.717, 1.165) is 25.1 Å². The first kappa shape index (κ1) is 14.0. The van der Waals surface area contributed by atoms with Crippen molar-refractivity contribution in [1.82, 2.24) is 0 Å². The molecule has 1 aromatic carbocycles. The summed E-state index contributed by atoms with van der Waals surface area (Å²) in [5.74, 6) is 0.00558. The fourth-order valence-corrected chi connectivity index (χ4v) is 3.56. The van der Waals surface area contributed by atoms with Crippen LogP contribution in [0.3, 0.4) is 0 Å². The van der Waals surface area contributed by atoms with Crippen LogP contribution in [0.4, 0.5) is 5.69 Å². The number of fused-ring (bicyclic) bond motifs is 1. The molecule has 1 aromatic heterocycles. The first-order valence-corrected chi connectivity index (χ1v) is 7.90. The fourth-order valence-electron chi connectivity index (χ4n) is 2.71. The van der Waals surface area contributed by atoms with Crippen LogP contribution in [-0.2, 0) is 6.42 Å². The number of ketones is 1. The Labute approximate surface area is 128 Å². The molecule has 0 unspecified atom stereocenters. The lowest BCUT2D eigenvalue weighted by molar-refractivity contribution is 0.0987. The number of thiophene rings is 1. The maximum atomic E-state index is 12.7. The van der Waals surface area contributed by atoms with Crippen LogP contribution in [0.15, 0.2) is 30.3 Å². The number of benzene rings is 1. The van der Waals surface area contributed by atoms with Crippen LogP contribution in [0.1, 0.15) is 43.8 Å². The van der Waals surface area contributed by atoms with Gasteiger partial charge in [0.05, 0.1) is 9.75 Å². The molecule has 108 valence electrons. The lowest BCUT2D eigenvalue weighted by atomic mass is 9.99. The summed E-state index contributed by atoms with van der Waals surface area (Å²) in [5, 5.41) is 0. The molecule has 0 N–H and O–H groups in total. The van der Waals surface area contributed by atoms with Gasteiger partial charge in [0.2, 0.25) is 0 Å². The molecule has 3 nitrogen and oxygen atoms in total. The van der Waals surface area contributed by atoms with Gasteiger partial charge in [0.25, 0.3) is 5.91 Å². The molecule has 4 heteroatoms. The predicted octanol–water partition coefficient (Wildman–Crippen LogP) is 3.85. The number of rotatable bonds is 2. The van der Waals surface area contributed by atoms with Gasteiger partial charge in [-0.1, -0.05) is 17.7 Å². The van der Waals surface area contributed by atoms with Crippen LogP contribution >= 0.6 is 11.3 Å². The van der Waals surface area contributed by atoms with Crippen LogP contribution < -0.4 is 4.90 Å². The Bertz CT molecular complexity index is 717. The molecule has 0 radical (unpaired) electrons. The maximum Gasteiger partial charge on any atom is 0.268 e. The molecule has 0 fully saturated rings. The number of Topliss-reactive ketones (excluding diaryl/α,β-unsaturated/α-hetero) is 1. The van der Waals surface area contributed by atoms with Crippen molar-refractivity contribution in [2.45, 2.75) is 26.7 Å². The van der Waals surface area contributed by atoms with Crippen LogP contribution in [-0.4, -0.2) is 18.2 Å². The molecule has 0 aliphatic carbocycles. The van der Waals surface area contributed by atoms with Gasteiger partial charge in [-0.3, -0.25) is 9.59 Å². The summed E-state index contributed by atoms with van der Waals surface area (Å²) in [5.41, 5.74) is 3.46. The van der Waals surface area contributed by atoms with Crippen molar-refractivity contribution in [1.29, 1.82) is 0 Å². The van der Waals surface area contributed by atoms with E-state index in [-0.39, 0.29) is 11.7 Å². The van der Waals surface area contributed by atoms with Crippen molar-refractivity contribution in [3.05, 3.63) is 51.2 Å². The van der Waals surface area contributed by atoms with Crippen LogP contribution in [0.2, 0.25) is 0 Å². The average molecular weight is 299 g/mol. The topological polar surface area (TPSA) is 37.4 Å². The van der Waals surface area contributed by atoms with Gasteiger partial charge in [-0.05, 0) is 50.5 Å². The number of hydrogen-bond donors (Lipinski definition) is 0. The van der Waals surface area contributed by atoms with E-state index in [1.807, 2.05) is 17.0 Å². The van der Waals surface area contributed by atoms with Gasteiger partial charge in [0.1, 0.15) is 0 Å². The van der Waals surface area contributed by atoms with E-state index in [1.54, 1.807) is 12.1 Å². The zero-order valence-corrected chi connectivity index (χ0v) is 13.0. The quantitative estimate of drug-likeness (QED) is 0.790. The Morgan fingerprint density at radius 3 is 2.62 bits per heavy atom. The van der Waals surface area contributed by atoms with Crippen molar-refractivity contribution >= 4 is 28.7 Å². The summed E-state index contributed by atoms with van der Waals surface area (Å²) in [6, 6.07) is 9.72. The van der Waals surface area contributed by atoms with Crippen molar-refractivity contribution < 1.29 is 9.59 Å². The molecule has 0 atom stereocenters. The third-order valence-corrected chi connectivity index (χ3v) is 4.94. The number of amides is 1. The molecule has 3 rings (SSSR count). The predicted molar refractivity (Wildman–Crippen MR) is 85.5 cm³/mol. The van der Waals surface area contributed by atoms with E-state index in [2.05, 4.69) is 13.0 Å². The number of aryl methyl sites for hydroxylation is 2. The first-order chi connectivity index (χ1) is 10.1. The van der Waals surface area contributed by atoms with Crippen molar-refractivity contribution in [2.24, 2.45) is 0 Å². The third-order valence-electron chi connectivity index (χ3n) is 3.76. The second-order valence-electron chi connectivity index (χ2n) is 5.41. The highest BCUT2D eigenvalue weighted by molar-refractivity contribution is 7.16. The second kappa shape index (κ2) is 5.45. The van der Waals surface area contributed by atoms with E-state index in [9.17, 15) is 9.59 Å². The van der Waals surface area contributed by atoms with Crippen molar-refractivity contribution in [2.75, 3.05) is 11.4 Å². The molecule has 21 heavy (non-hydrogen) atoms. The number of anilines is 1. The van der Waals surface area contributed by atoms with E-state index >= 15 is 0 Å². The van der Waals surface area contributed by atoms with Crippen LogP contribution in [0, 0.1) is 6.92 Å². The normalized spacial score (nSPS) is 13.9. The highest BCUT2D eigenvalue weighted by Gasteiger charge is 2.24. The minimum absolute atomic E-state index is 0.00250. The van der Waals surface area contributed by atoms with E-state index in [1.165, 1.54) is 29.4 Å². The third kappa shape index (κ3) is 2.63. The van der Waals surface area contributed by atoms with Gasteiger partial charge in [0.15, 0.2) is 5.78 Å². The van der Waals surface area contributed by atoms with Gasteiger partial charge in [-0.2, -0.15) is 0 Å². The van der Waals surface area contributed by atoms with Gasteiger partial charge in [-0.15, -0.1) is 11.3 Å². The number of hydrogen-bond acceptors (Lipinski definition) is 3. The standard InChI is InChI=1S/C17H17NO2S/c1-11-5-6-14-13(10-11)4-3-9-18(14)17(20)16-8-7-15(21-16)12(2)19/h5-8,10H,3-4,9H2,1-2H3. The summed E-state index contributed by atoms with van der Waals surface area (Å²) in [4.78, 5) is 27.2. The molecule has 0 bridgehead atoms. The minimum Gasteiger partial charge on any atom is -0.307 e. The van der Waals surface area contributed by atoms with Gasteiger partial charge < -0.3 is 4.90 Å². The number of carbonyl (C=O) groups excluding carboxylic acids is 2. The van der Waals surface area contributed by atoms with Gasteiger partial charge >= 0.3 is 0 Å². The largest absolute Gasteiger partial charge is 0.307 e. The Hall–Kier alpha value is -1.94. The summed E-state index contributed by atoms with van der Waals surface area (Å²) in [6.07, 6.45) is 2.00. The van der Waals surface area contributed by atoms with Gasteiger partial charge in [0, 0.05) is 12.2 Å². The number of carbonyl (C=O) groups is 2. The van der Waals surface area contributed by atoms with Crippen molar-refractivity contribution in [3.8, 4) is 0 Å². The molecule has 0 saturated carbocycles. The summed E-state index contributed by atoms with van der Waals surface area (Å²) < 4.78 is 0. The Morgan fingerprint density at radius 1 is 1.14 bits per heavy atom. The Balaban J connectivity index is 1.94. The van der Waals surface area contributed by atoms with Gasteiger partial charge in [-0.25, -0.2) is 0 Å². The Kier molecular flexibility index (Phi) is 3.64. The van der Waals surface area contributed by atoms with Crippen molar-refractivity contribution in [3.63, 3.8) is 0 Å². The molecule has 0 saturated heterocycles. The second-order valence-corrected chi connectivity index (χ2v) is 6.50. The maximum absolute atomic E-state index is 12.7. The summed E-state index contributed by atoms with van der Waals surface area (Å²) in [6.45, 7) is 4.33. The summed E-state index contributed by atoms with van der Waals surface area (Å²) in [7, 11) is 0. The molecule has 2 aromatic rings. The molecular formula is C17H17NO2S. The monoisotopic (exact) mass is 299 g/mol. The highest BCUT2D eigenvalue weighted by atomic mass is 32.1. The molecule has 1 aliphatic heterocycles. The molecule has 1 amide bonds. The number of nitrogens with zero attached hydrogens (tertiary/aromatic N) is 1. The van der Waals surface area contributed by atoms with E-state index in [0.29, 0.717) is 9.75 Å². The lowest BCUT2D eigenvalue weighted by Crippen LogP contribution is -2.35. The zero-order chi connectivity index (χ0) is 15.0. The lowest BCUT2D eigenvalue weighted by Gasteiger charge is -2.29. The van der Waals surface area contributed by atoms with E-state index in [4.69, 9.17) is 0 Å². The molecule has 0 spiro atoms. The first-order valence-electron chi connectivity index (χ1n) is 7.08. The zero-order valence-electron chi connectivity index (χ0n) is 12.2. The molecular weight excluding hydrogens is 282 g/mol. The van der Waals surface area contributed by atoms with E-state index < -0.39 is 0 Å². The molecule has 1 aliphatic rings.